The van der Waals surface area contributed by atoms with E-state index in [4.69, 9.17) is 21.1 Å². The average Bonchev–Trinajstić information content (AvgIpc) is 2.82. The molecule has 5 heteroatoms. The van der Waals surface area contributed by atoms with Gasteiger partial charge in [-0.15, -0.1) is 0 Å². The van der Waals surface area contributed by atoms with Crippen molar-refractivity contribution in [1.29, 1.82) is 0 Å². The molecule has 0 bridgehead atoms. The molecule has 0 unspecified atom stereocenters. The summed E-state index contributed by atoms with van der Waals surface area (Å²) in [6.07, 6.45) is 3.62. The lowest BCUT2D eigenvalue weighted by Crippen LogP contribution is -2.05. The Morgan fingerprint density at radius 2 is 1.91 bits per heavy atom. The second-order valence-corrected chi connectivity index (χ2v) is 5.60. The lowest BCUT2D eigenvalue weighted by Gasteiger charge is -2.09. The minimum absolute atomic E-state index is 0.461. The third-order valence-corrected chi connectivity index (χ3v) is 4.03. The molecule has 1 aromatic carbocycles. The van der Waals surface area contributed by atoms with Crippen LogP contribution in [-0.2, 0) is 6.54 Å². The molecule has 0 saturated heterocycles. The molecule has 1 aliphatic heterocycles. The molecule has 0 N–H and O–H groups in total. The summed E-state index contributed by atoms with van der Waals surface area (Å²) in [6.45, 7) is 2.40. The predicted molar refractivity (Wildman–Crippen MR) is 85.3 cm³/mol. The monoisotopic (exact) mass is 309 g/mol. The quantitative estimate of drug-likeness (QED) is 0.681. The predicted octanol–water partition coefficient (Wildman–Crippen LogP) is 4.05. The maximum absolute atomic E-state index is 5.99. The van der Waals surface area contributed by atoms with Crippen molar-refractivity contribution in [2.24, 2.45) is 4.99 Å². The summed E-state index contributed by atoms with van der Waals surface area (Å²) in [4.78, 5) is 8.99. The van der Waals surface area contributed by atoms with Crippen molar-refractivity contribution in [1.82, 2.24) is 10.1 Å². The Bertz CT molecular complexity index is 881. The first-order valence-corrected chi connectivity index (χ1v) is 7.32. The summed E-state index contributed by atoms with van der Waals surface area (Å²) in [6, 6.07) is 9.67. The smallest absolute Gasteiger partial charge is 0.166 e. The summed E-state index contributed by atoms with van der Waals surface area (Å²) in [5.41, 5.74) is 5.82. The second-order valence-electron chi connectivity index (χ2n) is 5.16. The molecular weight excluding hydrogens is 298 g/mol. The molecular formula is C17H12ClN3O. The lowest BCUT2D eigenvalue weighted by molar-refractivity contribution is 0.382. The van der Waals surface area contributed by atoms with Crippen LogP contribution in [0.25, 0.3) is 11.1 Å². The molecule has 4 nitrogen and oxygen atoms in total. The standard InChI is InChI=1S/C17H12ClN3O/c1-10-16-14-8-19-7-6-13(14)17(20-9-15(16)22-21-10)11-2-4-12(18)5-3-11/h2-8H,9H2,1H3. The molecule has 4 rings (SSSR count). The zero-order valence-electron chi connectivity index (χ0n) is 11.9. The fourth-order valence-electron chi connectivity index (χ4n) is 2.76. The summed E-state index contributed by atoms with van der Waals surface area (Å²) in [5, 5.41) is 4.77. The van der Waals surface area contributed by atoms with Gasteiger partial charge in [-0.05, 0) is 25.1 Å². The number of halogens is 1. The molecule has 22 heavy (non-hydrogen) atoms. The summed E-state index contributed by atoms with van der Waals surface area (Å²) in [7, 11) is 0. The molecule has 0 radical (unpaired) electrons. The first kappa shape index (κ1) is 13.2. The maximum Gasteiger partial charge on any atom is 0.166 e. The van der Waals surface area contributed by atoms with Gasteiger partial charge in [-0.3, -0.25) is 9.98 Å². The lowest BCUT2D eigenvalue weighted by atomic mass is 9.95. The van der Waals surface area contributed by atoms with Crippen molar-refractivity contribution < 1.29 is 4.52 Å². The summed E-state index contributed by atoms with van der Waals surface area (Å²) in [5.74, 6) is 0.774. The van der Waals surface area contributed by atoms with E-state index in [0.29, 0.717) is 11.6 Å². The highest BCUT2D eigenvalue weighted by Crippen LogP contribution is 2.34. The van der Waals surface area contributed by atoms with E-state index in [0.717, 1.165) is 39.4 Å². The Balaban J connectivity index is 1.96. The van der Waals surface area contributed by atoms with Gasteiger partial charge in [0, 0.05) is 34.1 Å². The highest BCUT2D eigenvalue weighted by Gasteiger charge is 2.23. The largest absolute Gasteiger partial charge is 0.358 e. The molecule has 0 saturated carbocycles. The molecule has 108 valence electrons. The van der Waals surface area contributed by atoms with Crippen LogP contribution in [0.4, 0.5) is 0 Å². The number of hydrogen-bond acceptors (Lipinski definition) is 4. The van der Waals surface area contributed by atoms with E-state index in [1.54, 1.807) is 6.20 Å². The summed E-state index contributed by atoms with van der Waals surface area (Å²) >= 11 is 5.99. The fraction of sp³-hybridized carbons (Fsp3) is 0.118. The van der Waals surface area contributed by atoms with Crippen LogP contribution in [0.5, 0.6) is 0 Å². The normalized spacial score (nSPS) is 13.1. The number of aryl methyl sites for hydroxylation is 1. The number of aromatic nitrogens is 2. The number of nitrogens with zero attached hydrogens (tertiary/aromatic N) is 3. The number of fused-ring (bicyclic) bond motifs is 3. The minimum atomic E-state index is 0.461. The first-order chi connectivity index (χ1) is 10.7. The van der Waals surface area contributed by atoms with E-state index in [-0.39, 0.29) is 0 Å². The van der Waals surface area contributed by atoms with Crippen molar-refractivity contribution in [3.63, 3.8) is 0 Å². The Morgan fingerprint density at radius 3 is 2.73 bits per heavy atom. The van der Waals surface area contributed by atoms with Gasteiger partial charge in [-0.2, -0.15) is 0 Å². The van der Waals surface area contributed by atoms with Crippen LogP contribution in [0.2, 0.25) is 5.02 Å². The molecule has 0 aliphatic carbocycles. The Hall–Kier alpha value is -2.46. The highest BCUT2D eigenvalue weighted by molar-refractivity contribution is 6.30. The molecule has 1 aliphatic rings. The van der Waals surface area contributed by atoms with E-state index in [9.17, 15) is 0 Å². The number of benzene rings is 1. The number of hydrogen-bond donors (Lipinski definition) is 0. The zero-order valence-corrected chi connectivity index (χ0v) is 12.6. The van der Waals surface area contributed by atoms with Gasteiger partial charge in [0.05, 0.1) is 17.0 Å². The third-order valence-electron chi connectivity index (χ3n) is 3.78. The number of aliphatic imine (C=N–C) groups is 1. The third kappa shape index (κ3) is 2.04. The van der Waals surface area contributed by atoms with Gasteiger partial charge in [0.25, 0.3) is 0 Å². The van der Waals surface area contributed by atoms with Crippen molar-refractivity contribution >= 4 is 17.3 Å². The van der Waals surface area contributed by atoms with Crippen LogP contribution in [0, 0.1) is 6.92 Å². The van der Waals surface area contributed by atoms with E-state index in [1.165, 1.54) is 0 Å². The van der Waals surface area contributed by atoms with Crippen molar-refractivity contribution in [2.75, 3.05) is 0 Å². The Morgan fingerprint density at radius 1 is 1.09 bits per heavy atom. The van der Waals surface area contributed by atoms with Gasteiger partial charge in [-0.25, -0.2) is 0 Å². The Labute approximate surface area is 132 Å². The Kier molecular flexibility index (Phi) is 3.05. The van der Waals surface area contributed by atoms with E-state index < -0.39 is 0 Å². The molecule has 0 amide bonds. The van der Waals surface area contributed by atoms with E-state index in [2.05, 4.69) is 10.1 Å². The SMILES string of the molecule is Cc1noc2c1-c1cnccc1C(c1ccc(Cl)cc1)=NC2. The van der Waals surface area contributed by atoms with E-state index >= 15 is 0 Å². The number of pyridine rings is 1. The van der Waals surface area contributed by atoms with Crippen LogP contribution in [0.3, 0.4) is 0 Å². The average molecular weight is 310 g/mol. The van der Waals surface area contributed by atoms with Gasteiger partial charge in [-0.1, -0.05) is 28.9 Å². The second kappa shape index (κ2) is 5.07. The van der Waals surface area contributed by atoms with Crippen LogP contribution in [-0.4, -0.2) is 15.9 Å². The molecule has 3 heterocycles. The highest BCUT2D eigenvalue weighted by atomic mass is 35.5. The topological polar surface area (TPSA) is 51.3 Å². The van der Waals surface area contributed by atoms with Crippen LogP contribution in [0.15, 0.2) is 52.2 Å². The van der Waals surface area contributed by atoms with Crippen molar-refractivity contribution in [2.45, 2.75) is 13.5 Å². The maximum atomic E-state index is 5.99. The van der Waals surface area contributed by atoms with Crippen molar-refractivity contribution in [3.8, 4) is 11.1 Å². The van der Waals surface area contributed by atoms with Gasteiger partial charge >= 0.3 is 0 Å². The molecule has 0 spiro atoms. The zero-order chi connectivity index (χ0) is 15.1. The molecule has 2 aromatic heterocycles. The number of rotatable bonds is 1. The summed E-state index contributed by atoms with van der Waals surface area (Å²) < 4.78 is 5.42. The fourth-order valence-corrected chi connectivity index (χ4v) is 2.89. The molecule has 0 atom stereocenters. The van der Waals surface area contributed by atoms with Crippen LogP contribution >= 0.6 is 11.6 Å². The van der Waals surface area contributed by atoms with Gasteiger partial charge in [0.2, 0.25) is 0 Å². The van der Waals surface area contributed by atoms with Gasteiger partial charge in [0.15, 0.2) is 5.76 Å². The van der Waals surface area contributed by atoms with Crippen molar-refractivity contribution in [3.05, 3.63) is 70.3 Å². The molecule has 0 fully saturated rings. The van der Waals surface area contributed by atoms with E-state index in [1.807, 2.05) is 43.5 Å². The first-order valence-electron chi connectivity index (χ1n) is 6.94. The van der Waals surface area contributed by atoms with Crippen LogP contribution < -0.4 is 0 Å². The van der Waals surface area contributed by atoms with Gasteiger partial charge < -0.3 is 4.52 Å². The minimum Gasteiger partial charge on any atom is -0.358 e. The van der Waals surface area contributed by atoms with Gasteiger partial charge in [0.1, 0.15) is 6.54 Å². The molecule has 3 aromatic rings. The van der Waals surface area contributed by atoms with Crippen LogP contribution in [0.1, 0.15) is 22.6 Å².